The van der Waals surface area contributed by atoms with Crippen molar-refractivity contribution >= 4 is 98.7 Å². The lowest BCUT2D eigenvalue weighted by Gasteiger charge is -2.35. The van der Waals surface area contributed by atoms with Crippen molar-refractivity contribution in [3.8, 4) is 0 Å². The van der Waals surface area contributed by atoms with Gasteiger partial charge in [-0.1, -0.05) is 158 Å². The van der Waals surface area contributed by atoms with Crippen LogP contribution in [0, 0.1) is 0 Å². The van der Waals surface area contributed by atoms with E-state index in [0.29, 0.717) is 80.8 Å². The number of ether oxygens (including phenoxy) is 6. The molecule has 688 valence electrons. The van der Waals surface area contributed by atoms with Crippen LogP contribution >= 0.6 is 0 Å². The number of rotatable bonds is 23. The Bertz CT molecular complexity index is 4840. The molecule has 0 aromatic heterocycles. The van der Waals surface area contributed by atoms with Crippen LogP contribution in [-0.2, 0) is 98.6 Å². The van der Waals surface area contributed by atoms with Gasteiger partial charge in [-0.25, -0.2) is 51.1 Å². The number of hydrogen-bond acceptors (Lipinski definition) is 25. The Balaban J connectivity index is 0.000000215. The van der Waals surface area contributed by atoms with E-state index in [-0.39, 0.29) is 35.7 Å². The summed E-state index contributed by atoms with van der Waals surface area (Å²) in [6, 6.07) is 56.0. The molecule has 0 radical (unpaired) electrons. The number of methoxy groups -OCH3 is 4. The zero-order valence-electron chi connectivity index (χ0n) is 74.8. The molecule has 0 spiro atoms. The largest absolute Gasteiger partial charge is 0.466 e. The van der Waals surface area contributed by atoms with Gasteiger partial charge < -0.3 is 48.9 Å². The first kappa shape index (κ1) is 103. The number of nitrogens with one attached hydrogen (secondary N) is 3. The predicted molar refractivity (Wildman–Crippen MR) is 494 cm³/mol. The van der Waals surface area contributed by atoms with Crippen LogP contribution in [0.4, 0.5) is 9.59 Å². The van der Waals surface area contributed by atoms with Crippen LogP contribution in [0.1, 0.15) is 102 Å². The molecule has 5 heterocycles. The molecule has 32 heteroatoms. The highest BCUT2D eigenvalue weighted by atomic mass is 32.2. The van der Waals surface area contributed by atoms with Crippen molar-refractivity contribution in [1.29, 1.82) is 0 Å². The number of sulfonamides is 2. The molecule has 0 aliphatic carbocycles. The van der Waals surface area contributed by atoms with E-state index >= 15 is 0 Å². The molecule has 3 amide bonds. The van der Waals surface area contributed by atoms with Gasteiger partial charge in [0.2, 0.25) is 20.0 Å². The molecule has 4 N–H and O–H groups in total. The van der Waals surface area contributed by atoms with Crippen LogP contribution in [0.15, 0.2) is 222 Å². The number of benzene rings is 7. The molecule has 7 aromatic carbocycles. The third-order valence-electron chi connectivity index (χ3n) is 20.0. The molecule has 128 heavy (non-hydrogen) atoms. The second-order valence-electron chi connectivity index (χ2n) is 32.0. The van der Waals surface area contributed by atoms with Crippen molar-refractivity contribution in [2.75, 3.05) is 159 Å². The summed E-state index contributed by atoms with van der Waals surface area (Å²) in [6.07, 6.45) is 15.6. The van der Waals surface area contributed by atoms with Gasteiger partial charge in [0.15, 0.2) is 0 Å². The molecular weight excluding hydrogens is 1680 g/mol. The lowest BCUT2D eigenvalue weighted by molar-refractivity contribution is -0.135. The SMILES string of the molecule is CC(C)(C)OC(=O)N1CCNCC1.COC(=O)/C=C/c1ccc(C=O)cc1.COC(=O)/C=C/c1ccc(CN2CCN(C(=O)OC(C)(C)C)CC2)cc1.COC(=O)/C=C/c1ccc(CN2CCN(S(=O)(=O)c3ccccc3)CC2)cc1.COC(=O)/C=C/c1ccc(CN2CCNCC2)cc1.O=C(/C=C/c1ccc(CN2CCN(S(=O)(=O)c3ccccc3)CC2)cc1)NO. The monoisotopic (exact) mass is 1800 g/mol. The minimum atomic E-state index is -3.43. The van der Waals surface area contributed by atoms with Crippen molar-refractivity contribution in [1.82, 2.24) is 54.1 Å². The van der Waals surface area contributed by atoms with Gasteiger partial charge >= 0.3 is 36.1 Å². The van der Waals surface area contributed by atoms with Gasteiger partial charge in [0.25, 0.3) is 5.91 Å². The lowest BCUT2D eigenvalue weighted by Crippen LogP contribution is -2.49. The zero-order valence-corrected chi connectivity index (χ0v) is 76.5. The van der Waals surface area contributed by atoms with Crippen molar-refractivity contribution in [2.45, 2.75) is 88.7 Å². The van der Waals surface area contributed by atoms with Crippen molar-refractivity contribution in [2.24, 2.45) is 0 Å². The summed E-state index contributed by atoms with van der Waals surface area (Å²) in [4.78, 5) is 102. The van der Waals surface area contributed by atoms with Gasteiger partial charge in [0, 0.05) is 193 Å². The molecule has 12 rings (SSSR count). The Morgan fingerprint density at radius 3 is 0.867 bits per heavy atom. The fourth-order valence-corrected chi connectivity index (χ4v) is 15.9. The third kappa shape index (κ3) is 38.5. The zero-order chi connectivity index (χ0) is 92.9. The van der Waals surface area contributed by atoms with Gasteiger partial charge in [-0.3, -0.25) is 34.4 Å². The van der Waals surface area contributed by atoms with Crippen LogP contribution in [-0.4, -0.2) is 279 Å². The maximum absolute atomic E-state index is 12.7. The van der Waals surface area contributed by atoms with Gasteiger partial charge in [0.1, 0.15) is 17.5 Å². The smallest absolute Gasteiger partial charge is 0.410 e. The summed E-state index contributed by atoms with van der Waals surface area (Å²) in [5.74, 6) is -2.05. The summed E-state index contributed by atoms with van der Waals surface area (Å²) in [7, 11) is -1.44. The summed E-state index contributed by atoms with van der Waals surface area (Å²) >= 11 is 0. The first-order chi connectivity index (χ1) is 61.3. The topological polar surface area (TPSA) is 342 Å². The average Bonchev–Trinajstić information content (AvgIpc) is 0.805. The Kier molecular flexibility index (Phi) is 43.5. The molecule has 5 saturated heterocycles. The number of hydrogen-bond donors (Lipinski definition) is 4. The maximum Gasteiger partial charge on any atom is 0.410 e. The molecule has 0 saturated carbocycles. The minimum absolute atomic E-state index is 0.200. The fraction of sp³-hybridized carbons (Fsp3) is 0.375. The van der Waals surface area contributed by atoms with Crippen molar-refractivity contribution in [3.63, 3.8) is 0 Å². The van der Waals surface area contributed by atoms with E-state index in [9.17, 15) is 55.2 Å². The van der Waals surface area contributed by atoms with E-state index in [1.165, 1.54) is 69.9 Å². The molecule has 0 atom stereocenters. The molecule has 5 fully saturated rings. The minimum Gasteiger partial charge on any atom is -0.466 e. The molecular formula is C96H123N11O19S2. The third-order valence-corrected chi connectivity index (χ3v) is 23.9. The van der Waals surface area contributed by atoms with Crippen LogP contribution in [0.2, 0.25) is 0 Å². The number of carbonyl (C=O) groups is 8. The quantitative estimate of drug-likeness (QED) is 0.0115. The highest BCUT2D eigenvalue weighted by Gasteiger charge is 2.31. The van der Waals surface area contributed by atoms with Crippen LogP contribution < -0.4 is 16.1 Å². The first-order valence-corrected chi connectivity index (χ1v) is 45.1. The number of nitrogens with zero attached hydrogens (tertiary/aromatic N) is 8. The summed E-state index contributed by atoms with van der Waals surface area (Å²) in [6.45, 7) is 29.8. The number of amides is 3. The summed E-state index contributed by atoms with van der Waals surface area (Å²) < 4.78 is 82.6. The number of aldehydes is 1. The lowest BCUT2D eigenvalue weighted by atomic mass is 10.1. The van der Waals surface area contributed by atoms with Gasteiger partial charge in [-0.2, -0.15) is 8.61 Å². The Morgan fingerprint density at radius 2 is 0.594 bits per heavy atom. The standard InChI is InChI=1S/C21H24N2O4S.C20H23N3O4S.C20H28N2O4.C15H20N2O2.C11H10O3.C9H18N2O2/c1-27-21(24)12-11-18-7-9-19(10-8-18)17-22-13-15-23(16-14-22)28(25,26)20-5-3-2-4-6-20;24-20(21-25)11-10-17-6-8-18(9-7-17)16-22-12-14-23(15-13-22)28(26,27)19-4-2-1-3-5-19;1-20(2,3)26-19(24)22-13-11-21(12-14-22)15-17-7-5-16(6-8-17)9-10-18(23)25-4;1-19-15(18)7-6-13-2-4-14(5-3-13)12-17-10-8-16-9-11-17;1-14-11(13)7-6-9-2-4-10(8-12)5-3-9;1-9(2,3)13-8(12)11-6-4-10-5-7-11/h2-12H,13-17H2,1H3;1-11,25H,12-16H2,(H,21,24);5-10H,11-15H2,1-4H3;2-7,16H,8-12H2,1H3;2-8H,1H3;10H,4-7H2,1-3H3/b12-11+;11-10+;10-9+;2*7-6+;. The van der Waals surface area contributed by atoms with Gasteiger partial charge in [-0.05, 0) is 146 Å². The summed E-state index contributed by atoms with van der Waals surface area (Å²) in [5.41, 5.74) is 10.7. The highest BCUT2D eigenvalue weighted by Crippen LogP contribution is 2.23. The second kappa shape index (κ2) is 53.8. The van der Waals surface area contributed by atoms with E-state index in [4.69, 9.17) is 14.7 Å². The van der Waals surface area contributed by atoms with Gasteiger partial charge in [0.05, 0.1) is 38.2 Å². The number of hydroxylamine groups is 1. The van der Waals surface area contributed by atoms with Gasteiger partial charge in [-0.15, -0.1) is 0 Å². The highest BCUT2D eigenvalue weighted by molar-refractivity contribution is 7.89. The van der Waals surface area contributed by atoms with E-state index in [0.717, 1.165) is 137 Å². The normalized spacial score (nSPS) is 15.8. The van der Waals surface area contributed by atoms with E-state index in [1.54, 1.807) is 133 Å². The number of carbonyl (C=O) groups excluding carboxylic acids is 8. The number of esters is 4. The molecule has 7 aromatic rings. The Labute approximate surface area is 753 Å². The Morgan fingerprint density at radius 1 is 0.344 bits per heavy atom. The maximum atomic E-state index is 12.7. The Hall–Kier alpha value is -11.7. The van der Waals surface area contributed by atoms with Crippen LogP contribution in [0.5, 0.6) is 0 Å². The van der Waals surface area contributed by atoms with E-state index in [1.807, 2.05) is 120 Å². The van der Waals surface area contributed by atoms with Crippen molar-refractivity contribution < 1.29 is 88.8 Å². The van der Waals surface area contributed by atoms with E-state index in [2.05, 4.69) is 73.4 Å². The summed E-state index contributed by atoms with van der Waals surface area (Å²) in [5, 5.41) is 15.0. The second-order valence-corrected chi connectivity index (χ2v) is 35.8. The van der Waals surface area contributed by atoms with Crippen LogP contribution in [0.25, 0.3) is 30.4 Å². The molecule has 0 bridgehead atoms. The fourth-order valence-electron chi connectivity index (χ4n) is 13.0. The average molecular weight is 1800 g/mol. The molecule has 30 nitrogen and oxygen atoms in total. The first-order valence-electron chi connectivity index (χ1n) is 42.2. The van der Waals surface area contributed by atoms with Crippen molar-refractivity contribution in [3.05, 3.63) is 268 Å². The van der Waals surface area contributed by atoms with Crippen LogP contribution in [0.3, 0.4) is 0 Å². The predicted octanol–water partition coefficient (Wildman–Crippen LogP) is 10.8. The molecule has 5 aliphatic rings. The van der Waals surface area contributed by atoms with E-state index < -0.39 is 37.5 Å². The molecule has 0 unspecified atom stereocenters. The number of piperazine rings is 5. The molecule has 5 aliphatic heterocycles.